The SMILES string of the molecule is CC(C)(N)CNC(=O)CC1CCC2(CC1)COC1(OO2)C2CC3CC(C2)CC1C3.Cc1ccc(S(=O)(=O)O)cc1. The van der Waals surface area contributed by atoms with Gasteiger partial charge in [-0.25, -0.2) is 4.89 Å². The van der Waals surface area contributed by atoms with E-state index in [1.807, 2.05) is 20.8 Å². The van der Waals surface area contributed by atoms with Gasteiger partial charge in [0.2, 0.25) is 11.7 Å². The summed E-state index contributed by atoms with van der Waals surface area (Å²) in [5, 5.41) is 2.96. The molecule has 40 heavy (non-hydrogen) atoms. The van der Waals surface area contributed by atoms with Gasteiger partial charge in [0.25, 0.3) is 10.1 Å². The van der Waals surface area contributed by atoms with Gasteiger partial charge in [-0.3, -0.25) is 9.35 Å². The van der Waals surface area contributed by atoms with Crippen LogP contribution in [0.3, 0.4) is 0 Å². The molecule has 0 radical (unpaired) electrons. The number of rotatable bonds is 5. The second kappa shape index (κ2) is 11.3. The van der Waals surface area contributed by atoms with E-state index in [4.69, 9.17) is 24.8 Å². The van der Waals surface area contributed by atoms with Crippen molar-refractivity contribution in [3.63, 3.8) is 0 Å². The molecule has 224 valence electrons. The maximum absolute atomic E-state index is 12.2. The van der Waals surface area contributed by atoms with Crippen molar-refractivity contribution < 1.29 is 32.3 Å². The molecule has 1 aromatic rings. The van der Waals surface area contributed by atoms with Gasteiger partial charge in [0.1, 0.15) is 5.60 Å². The van der Waals surface area contributed by atoms with Crippen LogP contribution < -0.4 is 11.1 Å². The largest absolute Gasteiger partial charge is 0.354 e. The molecule has 5 saturated carbocycles. The molecular formula is C30H46N2O7S. The van der Waals surface area contributed by atoms with Gasteiger partial charge in [0, 0.05) is 30.3 Å². The lowest BCUT2D eigenvalue weighted by atomic mass is 9.53. The summed E-state index contributed by atoms with van der Waals surface area (Å²) in [7, 11) is -4.02. The van der Waals surface area contributed by atoms with E-state index < -0.39 is 15.9 Å². The quantitative estimate of drug-likeness (QED) is 0.342. The number of hydrogen-bond donors (Lipinski definition) is 3. The molecule has 6 fully saturated rings. The molecule has 10 heteroatoms. The smallest absolute Gasteiger partial charge is 0.294 e. The van der Waals surface area contributed by atoms with Crippen molar-refractivity contribution in [2.45, 2.75) is 107 Å². The highest BCUT2D eigenvalue weighted by molar-refractivity contribution is 7.85. The second-order valence-electron chi connectivity index (χ2n) is 13.9. The molecule has 5 aliphatic carbocycles. The summed E-state index contributed by atoms with van der Waals surface area (Å²) in [6.07, 6.45) is 10.8. The number of hydrogen-bond acceptors (Lipinski definition) is 7. The third-order valence-electron chi connectivity index (χ3n) is 9.74. The van der Waals surface area contributed by atoms with E-state index in [1.165, 1.54) is 44.2 Å². The highest BCUT2D eigenvalue weighted by Crippen LogP contribution is 2.61. The van der Waals surface area contributed by atoms with Crippen LogP contribution in [0.4, 0.5) is 0 Å². The number of benzene rings is 1. The maximum Gasteiger partial charge on any atom is 0.294 e. The van der Waals surface area contributed by atoms with Gasteiger partial charge in [0.15, 0.2) is 0 Å². The van der Waals surface area contributed by atoms with Crippen molar-refractivity contribution in [3.05, 3.63) is 29.8 Å². The first-order valence-corrected chi connectivity index (χ1v) is 16.3. The van der Waals surface area contributed by atoms with Crippen molar-refractivity contribution in [1.29, 1.82) is 0 Å². The third kappa shape index (κ3) is 6.73. The molecule has 0 atom stereocenters. The molecule has 1 amide bonds. The molecule has 4 bridgehead atoms. The van der Waals surface area contributed by atoms with Crippen LogP contribution in [-0.4, -0.2) is 49.0 Å². The van der Waals surface area contributed by atoms with Gasteiger partial charge in [-0.05, 0) is 108 Å². The zero-order valence-electron chi connectivity index (χ0n) is 24.1. The lowest BCUT2D eigenvalue weighted by Crippen LogP contribution is -2.65. The molecule has 1 aliphatic heterocycles. The van der Waals surface area contributed by atoms with E-state index in [0.717, 1.165) is 43.1 Å². The average molecular weight is 579 g/mol. The fraction of sp³-hybridized carbons (Fsp3) is 0.767. The van der Waals surface area contributed by atoms with Crippen molar-refractivity contribution in [3.8, 4) is 0 Å². The van der Waals surface area contributed by atoms with E-state index in [2.05, 4.69) is 5.32 Å². The molecule has 0 aromatic heterocycles. The summed E-state index contributed by atoms with van der Waals surface area (Å²) < 4.78 is 36.1. The predicted molar refractivity (Wildman–Crippen MR) is 149 cm³/mol. The summed E-state index contributed by atoms with van der Waals surface area (Å²) in [6.45, 7) is 6.85. The Morgan fingerprint density at radius 3 is 2.08 bits per heavy atom. The molecule has 9 nitrogen and oxygen atoms in total. The Bertz CT molecular complexity index is 1110. The molecule has 1 aromatic carbocycles. The first kappa shape index (κ1) is 29.9. The molecule has 1 heterocycles. The number of ether oxygens (including phenoxy) is 1. The van der Waals surface area contributed by atoms with Crippen LogP contribution in [0, 0.1) is 36.5 Å². The molecule has 7 rings (SSSR count). The molecule has 4 N–H and O–H groups in total. The van der Waals surface area contributed by atoms with Gasteiger partial charge < -0.3 is 15.8 Å². The van der Waals surface area contributed by atoms with Crippen LogP contribution in [-0.2, 0) is 29.4 Å². The average Bonchev–Trinajstić information content (AvgIpc) is 2.88. The van der Waals surface area contributed by atoms with Crippen LogP contribution >= 0.6 is 0 Å². The third-order valence-corrected chi connectivity index (χ3v) is 10.6. The monoisotopic (exact) mass is 578 g/mol. The van der Waals surface area contributed by atoms with Crippen molar-refractivity contribution >= 4 is 16.0 Å². The Kier molecular flexibility index (Phi) is 8.42. The predicted octanol–water partition coefficient (Wildman–Crippen LogP) is 4.53. The number of aryl methyl sites for hydroxylation is 1. The van der Waals surface area contributed by atoms with E-state index in [9.17, 15) is 13.2 Å². The minimum atomic E-state index is -4.02. The first-order valence-electron chi connectivity index (χ1n) is 14.9. The maximum atomic E-state index is 12.2. The minimum absolute atomic E-state index is 0.0666. The highest BCUT2D eigenvalue weighted by Gasteiger charge is 2.63. The van der Waals surface area contributed by atoms with Gasteiger partial charge in [0.05, 0.1) is 11.5 Å². The first-order chi connectivity index (χ1) is 18.8. The molecule has 6 aliphatic rings. The Morgan fingerprint density at radius 2 is 1.60 bits per heavy atom. The fourth-order valence-corrected chi connectivity index (χ4v) is 8.15. The number of carbonyl (C=O) groups is 1. The summed E-state index contributed by atoms with van der Waals surface area (Å²) in [5.41, 5.74) is 6.23. The topological polar surface area (TPSA) is 137 Å². The van der Waals surface area contributed by atoms with E-state index >= 15 is 0 Å². The number of amides is 1. The van der Waals surface area contributed by atoms with E-state index in [0.29, 0.717) is 37.3 Å². The van der Waals surface area contributed by atoms with Crippen molar-refractivity contribution in [2.24, 2.45) is 35.3 Å². The zero-order valence-corrected chi connectivity index (χ0v) is 24.9. The van der Waals surface area contributed by atoms with Crippen molar-refractivity contribution in [1.82, 2.24) is 5.32 Å². The van der Waals surface area contributed by atoms with Gasteiger partial charge in [-0.1, -0.05) is 17.7 Å². The van der Waals surface area contributed by atoms with Gasteiger partial charge in [-0.2, -0.15) is 13.3 Å². The van der Waals surface area contributed by atoms with E-state index in [-0.39, 0.29) is 21.9 Å². The van der Waals surface area contributed by atoms with Crippen LogP contribution in [0.25, 0.3) is 0 Å². The number of carbonyl (C=O) groups excluding carboxylic acids is 1. The van der Waals surface area contributed by atoms with Gasteiger partial charge >= 0.3 is 0 Å². The lowest BCUT2D eigenvalue weighted by molar-refractivity contribution is -0.548. The minimum Gasteiger partial charge on any atom is -0.354 e. The Balaban J connectivity index is 0.000000248. The van der Waals surface area contributed by atoms with Crippen LogP contribution in [0.15, 0.2) is 29.2 Å². The fourth-order valence-electron chi connectivity index (χ4n) is 7.67. The highest BCUT2D eigenvalue weighted by atomic mass is 32.2. The standard InChI is InChI=1S/C23H38N2O4.C7H8O3S/c1-21(2,24)13-25-20(26)12-15-3-5-22(6-4-15)14-27-23(29-28-22)18-8-16-7-17(10-18)11-19(23)9-16;1-6-2-4-7(5-3-6)11(8,9)10/h15-19H,3-14,24H2,1-2H3,(H,25,26);2-5H,1H3,(H,8,9,10). The summed E-state index contributed by atoms with van der Waals surface area (Å²) in [5.74, 6) is 2.85. The molecule has 0 unspecified atom stereocenters. The van der Waals surface area contributed by atoms with Crippen molar-refractivity contribution in [2.75, 3.05) is 13.2 Å². The Morgan fingerprint density at radius 1 is 1.02 bits per heavy atom. The van der Waals surface area contributed by atoms with Crippen LogP contribution in [0.2, 0.25) is 0 Å². The number of nitrogens with one attached hydrogen (secondary N) is 1. The molecular weight excluding hydrogens is 532 g/mol. The number of nitrogens with two attached hydrogens (primary N) is 1. The Labute approximate surface area is 238 Å². The normalized spacial score (nSPS) is 36.8. The summed E-state index contributed by atoms with van der Waals surface area (Å²) in [4.78, 5) is 24.6. The second-order valence-corrected chi connectivity index (χ2v) is 15.3. The van der Waals surface area contributed by atoms with Crippen LogP contribution in [0.5, 0.6) is 0 Å². The van der Waals surface area contributed by atoms with E-state index in [1.54, 1.807) is 12.1 Å². The zero-order chi connectivity index (χ0) is 28.8. The van der Waals surface area contributed by atoms with Gasteiger partial charge in [-0.15, -0.1) is 0 Å². The lowest BCUT2D eigenvalue weighted by Gasteiger charge is -2.61. The molecule has 1 saturated heterocycles. The molecule has 2 spiro atoms. The Hall–Kier alpha value is -1.56. The van der Waals surface area contributed by atoms with Crippen LogP contribution in [0.1, 0.15) is 83.6 Å². The summed E-state index contributed by atoms with van der Waals surface area (Å²) >= 11 is 0. The summed E-state index contributed by atoms with van der Waals surface area (Å²) in [6, 6.07) is 5.99.